The molecule has 27 N–H and O–H groups in total. The maximum absolute atomic E-state index is 15.7. The number of carbonyl (C=O) groups excluding carboxylic acids is 15. The van der Waals surface area contributed by atoms with E-state index >= 15 is 19.2 Å². The fourth-order valence-electron chi connectivity index (χ4n) is 18.1. The third-order valence-electron chi connectivity index (χ3n) is 25.8. The van der Waals surface area contributed by atoms with Crippen molar-refractivity contribution in [3.8, 4) is 0 Å². The van der Waals surface area contributed by atoms with Crippen LogP contribution in [0, 0.1) is 10.8 Å². The van der Waals surface area contributed by atoms with Crippen molar-refractivity contribution in [1.82, 2.24) is 94.1 Å². The number of aromatic nitrogens is 1. The number of ketones is 1. The van der Waals surface area contributed by atoms with Crippen LogP contribution >= 0.6 is 0 Å². The average Bonchev–Trinajstić information content (AvgIpc) is 1.64. The molecule has 2 aromatic rings. The van der Waals surface area contributed by atoms with Crippen LogP contribution in [-0.2, 0) is 107 Å². The number of aliphatic imine (C=N–C) groups is 1. The highest BCUT2D eigenvalue weighted by Gasteiger charge is 2.46. The molecule has 6 rings (SSSR count). The predicted molar refractivity (Wildman–Crippen MR) is 544 cm³/mol. The van der Waals surface area contributed by atoms with Gasteiger partial charge in [-0.1, -0.05) is 114 Å². The molecule has 0 spiro atoms. The second-order valence-corrected chi connectivity index (χ2v) is 37.9. The van der Waals surface area contributed by atoms with Gasteiger partial charge in [-0.3, -0.25) is 112 Å². The summed E-state index contributed by atoms with van der Waals surface area (Å²) in [4.78, 5) is 271. The zero-order chi connectivity index (χ0) is 108. The van der Waals surface area contributed by atoms with Gasteiger partial charge >= 0.3 is 23.9 Å². The Bertz CT molecular complexity index is 4750. The molecule has 1 aromatic heterocycles. The van der Waals surface area contributed by atoms with Crippen molar-refractivity contribution in [3.63, 3.8) is 0 Å². The van der Waals surface area contributed by atoms with E-state index in [1.807, 2.05) is 0 Å². The first kappa shape index (κ1) is 123. The molecule has 0 radical (unpaired) electrons. The van der Waals surface area contributed by atoms with Crippen LogP contribution in [0.3, 0.4) is 0 Å². The van der Waals surface area contributed by atoms with Gasteiger partial charge in [-0.25, -0.2) is 0 Å². The maximum atomic E-state index is 15.7. The van der Waals surface area contributed by atoms with Gasteiger partial charge in [0.1, 0.15) is 66.8 Å². The van der Waals surface area contributed by atoms with Crippen LogP contribution in [0.5, 0.6) is 0 Å². The number of H-pyrrole nitrogens is 1. The number of Topliss-reactive ketones (excluding diaryl/α,β-unsaturated/α-hetero) is 1. The lowest BCUT2D eigenvalue weighted by Crippen LogP contribution is -2.60. The van der Waals surface area contributed by atoms with Crippen molar-refractivity contribution in [2.24, 2.45) is 22.2 Å². The number of hydrogen-bond donors (Lipinski definition) is 24. The lowest BCUT2D eigenvalue weighted by molar-refractivity contribution is -0.148. The molecule has 1 aromatic carbocycles. The minimum Gasteiger partial charge on any atom is -0.481 e. The largest absolute Gasteiger partial charge is 0.481 e. The average molecular weight is 2080 g/mol. The smallest absolute Gasteiger partial charge is 0.317 e. The van der Waals surface area contributed by atoms with Crippen LogP contribution < -0.4 is 91.6 Å². The highest BCUT2D eigenvalue weighted by molar-refractivity contribution is 6.01. The van der Waals surface area contributed by atoms with E-state index < -0.39 is 224 Å². The van der Waals surface area contributed by atoms with Gasteiger partial charge in [0.15, 0.2) is 11.9 Å². The van der Waals surface area contributed by atoms with E-state index in [1.165, 1.54) is 60.1 Å². The number of nitrogens with two attached hydrogens (primary N) is 3. The van der Waals surface area contributed by atoms with Crippen LogP contribution in [0.4, 0.5) is 0 Å². The number of amides is 14. The number of nitrogens with one attached hydrogen (secondary N) is 17. The number of guanidine groups is 2. The van der Waals surface area contributed by atoms with Crippen molar-refractivity contribution in [2.75, 3.05) is 98.4 Å². The summed E-state index contributed by atoms with van der Waals surface area (Å²) in [6.45, 7) is -0.401. The number of aromatic amines is 1. The third kappa shape index (κ3) is 49.9. The third-order valence-corrected chi connectivity index (χ3v) is 25.8. The molecule has 4 aliphatic rings. The Morgan fingerprint density at radius 1 is 0.534 bits per heavy atom. The molecule has 148 heavy (non-hydrogen) atoms. The van der Waals surface area contributed by atoms with Crippen molar-refractivity contribution in [2.45, 2.75) is 330 Å². The van der Waals surface area contributed by atoms with Crippen molar-refractivity contribution in [3.05, 3.63) is 47.8 Å². The molecule has 14 amide bonds. The van der Waals surface area contributed by atoms with Gasteiger partial charge in [0.25, 0.3) is 0 Å². The number of likely N-dealkylation sites (tertiary alicyclic amines) is 2. The first-order valence-electron chi connectivity index (χ1n) is 52.0. The first-order valence-corrected chi connectivity index (χ1v) is 52.0. The van der Waals surface area contributed by atoms with Crippen LogP contribution in [0.25, 0.3) is 10.9 Å². The molecule has 0 aliphatic carbocycles. The van der Waals surface area contributed by atoms with E-state index in [2.05, 4.69) is 84.4 Å². The number of carboxylic acid groups (broad SMARTS) is 4. The SMILES string of the molecule is CC(=O)N[C@H]1CCCCC(=O)C[C@@H](C(=O)N2CCC[C@H]2C(=O)N2CCC[C@H]2C(=O)N[C@@H](CCCNC(=N)N)C(=O)N[C@@H](CCC(=O)O)C(=O)N[C@@H](CCCCN(CC(=O)O)CC(=O)O)CN[C@@H](CCCCNC(=O)COCCOCCNC(=O)CCCCCCCCCCCCCCCCC(=O)O)C(N)=O)NC(=O)[C@H](Cc2c[nH]c3ccccc23)NC(=O)[C@H](CCCNC(=N)N)NC(=O)CNC(=O)[C@H](CC2=CCC=N2)NC1=O. The fourth-order valence-corrected chi connectivity index (χ4v) is 18.1. The summed E-state index contributed by atoms with van der Waals surface area (Å²) < 4.78 is 11.0. The Balaban J connectivity index is 1.13. The highest BCUT2D eigenvalue weighted by atomic mass is 16.5. The number of primary amides is 1. The van der Waals surface area contributed by atoms with Crippen LogP contribution in [0.1, 0.15) is 263 Å². The summed E-state index contributed by atoms with van der Waals surface area (Å²) >= 11 is 0. The lowest BCUT2D eigenvalue weighted by Gasteiger charge is -2.33. The molecule has 49 nitrogen and oxygen atoms in total. The Labute approximate surface area is 862 Å². The summed E-state index contributed by atoms with van der Waals surface area (Å²) in [6, 6.07) is -8.29. The number of ether oxygens (including phenoxy) is 2. The fraction of sp³-hybridized carbons (Fsp3) is 0.677. The number of nitrogens with zero attached hydrogens (tertiary/aromatic N) is 4. The highest BCUT2D eigenvalue weighted by Crippen LogP contribution is 2.29. The van der Waals surface area contributed by atoms with Gasteiger partial charge in [0, 0.05) is 139 Å². The lowest BCUT2D eigenvalue weighted by atomic mass is 9.99. The number of unbranched alkanes of at least 4 members (excludes halogenated alkanes) is 15. The Kier molecular flexibility index (Phi) is 58.1. The Morgan fingerprint density at radius 2 is 1.11 bits per heavy atom. The van der Waals surface area contributed by atoms with Crippen LogP contribution in [-0.4, -0.2) is 335 Å². The number of carboxylic acids is 4. The van der Waals surface area contributed by atoms with E-state index in [0.29, 0.717) is 54.4 Å². The molecule has 5 heterocycles. The van der Waals surface area contributed by atoms with Gasteiger partial charge in [-0.05, 0) is 134 Å². The Hall–Kier alpha value is -13.3. The number of hydrogen-bond acceptors (Lipinski definition) is 26. The van der Waals surface area contributed by atoms with Crippen LogP contribution in [0.15, 0.2) is 47.2 Å². The van der Waals surface area contributed by atoms with E-state index in [9.17, 15) is 87.2 Å². The van der Waals surface area contributed by atoms with E-state index in [0.717, 1.165) is 51.4 Å². The van der Waals surface area contributed by atoms with Gasteiger partial charge < -0.3 is 136 Å². The van der Waals surface area contributed by atoms with Crippen LogP contribution in [0.2, 0.25) is 0 Å². The normalized spacial score (nSPS) is 18.9. The molecular formula is C99H158N24O25. The van der Waals surface area contributed by atoms with Gasteiger partial charge in [0.05, 0.1) is 45.5 Å². The topological polar surface area (TPSA) is 756 Å². The second kappa shape index (κ2) is 69.8. The van der Waals surface area contributed by atoms with Gasteiger partial charge in [-0.15, -0.1) is 0 Å². The number of aliphatic carboxylic acids is 4. The summed E-state index contributed by atoms with van der Waals surface area (Å²) in [5.41, 5.74) is 18.7. The molecule has 3 fully saturated rings. The number of fused-ring (bicyclic) bond motifs is 1. The minimum atomic E-state index is -1.77. The quantitative estimate of drug-likeness (QED) is 0.0239. The summed E-state index contributed by atoms with van der Waals surface area (Å²) in [5.74, 6) is -16.9. The number of benzene rings is 1. The Morgan fingerprint density at radius 3 is 1.76 bits per heavy atom. The van der Waals surface area contributed by atoms with Gasteiger partial charge in [-0.2, -0.15) is 0 Å². The zero-order valence-corrected chi connectivity index (χ0v) is 85.2. The van der Waals surface area contributed by atoms with E-state index in [-0.39, 0.29) is 200 Å². The van der Waals surface area contributed by atoms with Crippen molar-refractivity contribution in [1.29, 1.82) is 10.8 Å². The standard InChI is InChI=1S/C99H158N24O25/c1-64(124)113-72-35-18-16-31-68(125)57-78(120-94(143)76(55-65-58-110-70-33-19-17-32-69(65)70)118-92(141)73(36-25-46-108-98(101)102)115-82(127)60-112-89(138)77(119-91(72)140)56-66-30-24-45-105-66)96(145)123-51-28-39-80(123)97(146)122-50-27-38-79(122)95(144)117-74(37-26-47-109-99(103)104)93(142)116-75(42-43-85(131)132)90(139)114-67(29-21-23-49-121(61-86(133)134)62-87(135)136)59-111-71(88(100)137)34-20-22-44-106-83(128)63-148-54-53-147-52-48-107-81(126)40-14-12-10-8-6-4-2-3-5-7-9-11-13-15-41-84(129)130/h17,19,30,32-33,45,58,67,71-80,110-111H,2-16,18,20-29,31,34-44,46-57,59-63H2,1H3,(H2,100,137)(H,106,128)(H,107,126)(H,112,138)(H,113,124)(H,114,139)(H,115,127)(H,116,142)(H,117,144)(H,118,141)(H,119,140)(H,120,143)(H,129,130)(H,131,132)(H,133,134)(H,135,136)(H4,101,102,108)(H4,103,104,109)/t67-,71-,72-,73-,74-,75-,76-,77-,78-,79-,80-/m0/s1. The number of rotatable bonds is 67. The zero-order valence-electron chi connectivity index (χ0n) is 85.2. The molecular weight excluding hydrogens is 1930 g/mol. The predicted octanol–water partition coefficient (Wildman–Crippen LogP) is 0.227. The first-order chi connectivity index (χ1) is 70.9. The molecule has 0 bridgehead atoms. The van der Waals surface area contributed by atoms with E-state index in [1.54, 1.807) is 42.8 Å². The number of carbonyl (C=O) groups is 19. The monoisotopic (exact) mass is 2080 g/mol. The van der Waals surface area contributed by atoms with Gasteiger partial charge in [0.2, 0.25) is 82.7 Å². The number of allylic oxidation sites excluding steroid dienone is 1. The molecule has 0 saturated carbocycles. The molecule has 824 valence electrons. The molecule has 0 unspecified atom stereocenters. The minimum absolute atomic E-state index is 0.00612. The summed E-state index contributed by atoms with van der Waals surface area (Å²) in [6.07, 6.45) is 20.2. The number of para-hydroxylation sites is 1. The second-order valence-electron chi connectivity index (χ2n) is 37.9. The summed E-state index contributed by atoms with van der Waals surface area (Å²) in [7, 11) is 0. The maximum Gasteiger partial charge on any atom is 0.317 e. The molecule has 4 aliphatic heterocycles. The molecule has 11 atom stereocenters. The summed E-state index contributed by atoms with van der Waals surface area (Å²) in [5, 5.41) is 91.9. The molecule has 49 heteroatoms. The van der Waals surface area contributed by atoms with Crippen molar-refractivity contribution < 1.29 is 121 Å². The van der Waals surface area contributed by atoms with E-state index in [4.69, 9.17) is 42.6 Å². The molecule has 3 saturated heterocycles. The van der Waals surface area contributed by atoms with Crippen molar-refractivity contribution >= 4 is 141 Å².